The van der Waals surface area contributed by atoms with Crippen LogP contribution in [0, 0.1) is 5.82 Å². The molecular weight excluding hydrogens is 283 g/mol. The maximum atomic E-state index is 13.4. The Morgan fingerprint density at radius 3 is 2.68 bits per heavy atom. The van der Waals surface area contributed by atoms with Gasteiger partial charge in [-0.05, 0) is 23.8 Å². The Balaban J connectivity index is 1.76. The van der Waals surface area contributed by atoms with Gasteiger partial charge >= 0.3 is 0 Å². The summed E-state index contributed by atoms with van der Waals surface area (Å²) in [6.45, 7) is 3.70. The Morgan fingerprint density at radius 2 is 1.86 bits per heavy atom. The number of phenols is 1. The number of halogens is 1. The average Bonchev–Trinajstić information content (AvgIpc) is 2.57. The van der Waals surface area contributed by atoms with Crippen LogP contribution in [0.3, 0.4) is 0 Å². The Morgan fingerprint density at radius 1 is 1.09 bits per heavy atom. The second kappa shape index (κ2) is 6.66. The first-order valence-electron chi connectivity index (χ1n) is 7.37. The van der Waals surface area contributed by atoms with Crippen molar-refractivity contribution in [1.82, 2.24) is 0 Å². The maximum Gasteiger partial charge on any atom is 0.174 e. The van der Waals surface area contributed by atoms with E-state index in [-0.39, 0.29) is 5.75 Å². The molecule has 0 saturated carbocycles. The molecule has 5 heteroatoms. The molecule has 0 spiro atoms. The van der Waals surface area contributed by atoms with Gasteiger partial charge in [0.2, 0.25) is 0 Å². The molecule has 0 amide bonds. The van der Waals surface area contributed by atoms with Crippen molar-refractivity contribution in [3.05, 3.63) is 53.8 Å². The second-order valence-corrected chi connectivity index (χ2v) is 5.22. The molecule has 4 nitrogen and oxygen atoms in total. The molecule has 2 N–H and O–H groups in total. The van der Waals surface area contributed by atoms with Crippen LogP contribution in [-0.4, -0.2) is 31.4 Å². The van der Waals surface area contributed by atoms with Gasteiger partial charge in [0.05, 0.1) is 18.9 Å². The standard InChI is InChI=1S/C17H19FN2O2/c18-14-5-3-6-15(17(14)21)19-12-13-4-1-2-7-16(13)20-8-10-22-11-9-20/h1-7,19,21H,8-12H2. The van der Waals surface area contributed by atoms with E-state index in [1.165, 1.54) is 6.07 Å². The van der Waals surface area contributed by atoms with Gasteiger partial charge in [0, 0.05) is 25.3 Å². The van der Waals surface area contributed by atoms with E-state index in [0.29, 0.717) is 12.2 Å². The van der Waals surface area contributed by atoms with Crippen LogP contribution in [0.5, 0.6) is 5.75 Å². The fraction of sp³-hybridized carbons (Fsp3) is 0.294. The molecule has 22 heavy (non-hydrogen) atoms. The zero-order chi connectivity index (χ0) is 15.4. The van der Waals surface area contributed by atoms with Crippen molar-refractivity contribution in [1.29, 1.82) is 0 Å². The number of hydrogen-bond acceptors (Lipinski definition) is 4. The van der Waals surface area contributed by atoms with E-state index in [4.69, 9.17) is 4.74 Å². The second-order valence-electron chi connectivity index (χ2n) is 5.22. The van der Waals surface area contributed by atoms with Crippen LogP contribution < -0.4 is 10.2 Å². The SMILES string of the molecule is Oc1c(F)cccc1NCc1ccccc1N1CCOCC1. The molecule has 0 aromatic heterocycles. The van der Waals surface area contributed by atoms with Crippen molar-refractivity contribution in [3.63, 3.8) is 0 Å². The smallest absolute Gasteiger partial charge is 0.174 e. The number of nitrogens with zero attached hydrogens (tertiary/aromatic N) is 1. The summed E-state index contributed by atoms with van der Waals surface area (Å²) in [7, 11) is 0. The fourth-order valence-corrected chi connectivity index (χ4v) is 2.62. The number of nitrogens with one attached hydrogen (secondary N) is 1. The molecule has 2 aromatic carbocycles. The van der Waals surface area contributed by atoms with Gasteiger partial charge < -0.3 is 20.1 Å². The Bertz CT molecular complexity index is 642. The minimum atomic E-state index is -0.619. The van der Waals surface area contributed by atoms with Gasteiger partial charge in [-0.3, -0.25) is 0 Å². The monoisotopic (exact) mass is 302 g/mol. The van der Waals surface area contributed by atoms with Crippen LogP contribution >= 0.6 is 0 Å². The first-order valence-corrected chi connectivity index (χ1v) is 7.37. The summed E-state index contributed by atoms with van der Waals surface area (Å²) in [5, 5.41) is 12.8. The van der Waals surface area contributed by atoms with Crippen molar-refractivity contribution in [2.45, 2.75) is 6.54 Å². The third kappa shape index (κ3) is 3.14. The van der Waals surface area contributed by atoms with Crippen LogP contribution in [0.2, 0.25) is 0 Å². The molecule has 0 atom stereocenters. The highest BCUT2D eigenvalue weighted by Crippen LogP contribution is 2.28. The maximum absolute atomic E-state index is 13.4. The topological polar surface area (TPSA) is 44.7 Å². The molecule has 1 heterocycles. The minimum Gasteiger partial charge on any atom is -0.503 e. The van der Waals surface area contributed by atoms with Crippen molar-refractivity contribution < 1.29 is 14.2 Å². The number of rotatable bonds is 4. The first kappa shape index (κ1) is 14.7. The molecule has 1 fully saturated rings. The van der Waals surface area contributed by atoms with E-state index in [1.807, 2.05) is 18.2 Å². The molecule has 0 radical (unpaired) electrons. The zero-order valence-electron chi connectivity index (χ0n) is 12.3. The molecular formula is C17H19FN2O2. The Kier molecular flexibility index (Phi) is 4.44. The fourth-order valence-electron chi connectivity index (χ4n) is 2.62. The highest BCUT2D eigenvalue weighted by atomic mass is 19.1. The van der Waals surface area contributed by atoms with Gasteiger partial charge in [-0.1, -0.05) is 24.3 Å². The van der Waals surface area contributed by atoms with Crippen molar-refractivity contribution >= 4 is 11.4 Å². The molecule has 1 saturated heterocycles. The summed E-state index contributed by atoms with van der Waals surface area (Å²) in [5.41, 5.74) is 2.65. The normalized spacial score (nSPS) is 14.9. The quantitative estimate of drug-likeness (QED) is 0.852. The van der Waals surface area contributed by atoms with Gasteiger partial charge in [-0.2, -0.15) is 0 Å². The average molecular weight is 302 g/mol. The summed E-state index contributed by atoms with van der Waals surface area (Å²) in [6.07, 6.45) is 0. The van der Waals surface area contributed by atoms with Gasteiger partial charge in [0.1, 0.15) is 0 Å². The van der Waals surface area contributed by atoms with Crippen molar-refractivity contribution in [2.75, 3.05) is 36.5 Å². The third-order valence-electron chi connectivity index (χ3n) is 3.80. The number of aromatic hydroxyl groups is 1. The summed E-state index contributed by atoms with van der Waals surface area (Å²) in [5.74, 6) is -0.960. The summed E-state index contributed by atoms with van der Waals surface area (Å²) < 4.78 is 18.8. The molecule has 116 valence electrons. The van der Waals surface area contributed by atoms with Gasteiger partial charge in [0.15, 0.2) is 11.6 Å². The highest BCUT2D eigenvalue weighted by molar-refractivity contribution is 5.59. The molecule has 1 aliphatic rings. The number of para-hydroxylation sites is 2. The number of morpholine rings is 1. The molecule has 0 aliphatic carbocycles. The van der Waals surface area contributed by atoms with Crippen LogP contribution in [0.4, 0.5) is 15.8 Å². The number of anilines is 2. The van der Waals surface area contributed by atoms with E-state index in [2.05, 4.69) is 16.3 Å². The Labute approximate surface area is 129 Å². The van der Waals surface area contributed by atoms with Crippen LogP contribution in [-0.2, 0) is 11.3 Å². The van der Waals surface area contributed by atoms with Crippen LogP contribution in [0.25, 0.3) is 0 Å². The zero-order valence-corrected chi connectivity index (χ0v) is 12.3. The van der Waals surface area contributed by atoms with E-state index >= 15 is 0 Å². The summed E-state index contributed by atoms with van der Waals surface area (Å²) in [6, 6.07) is 12.6. The van der Waals surface area contributed by atoms with Crippen LogP contribution in [0.1, 0.15) is 5.56 Å². The number of hydrogen-bond donors (Lipinski definition) is 2. The van der Waals surface area contributed by atoms with Crippen molar-refractivity contribution in [2.24, 2.45) is 0 Å². The van der Waals surface area contributed by atoms with Crippen LogP contribution in [0.15, 0.2) is 42.5 Å². The van der Waals surface area contributed by atoms with Gasteiger partial charge in [-0.25, -0.2) is 4.39 Å². The molecule has 0 bridgehead atoms. The highest BCUT2D eigenvalue weighted by Gasteiger charge is 2.14. The summed E-state index contributed by atoms with van der Waals surface area (Å²) >= 11 is 0. The molecule has 2 aromatic rings. The Hall–Kier alpha value is -2.27. The van der Waals surface area contributed by atoms with E-state index in [1.54, 1.807) is 12.1 Å². The lowest BCUT2D eigenvalue weighted by Crippen LogP contribution is -2.36. The third-order valence-corrected chi connectivity index (χ3v) is 3.80. The molecule has 0 unspecified atom stereocenters. The number of benzene rings is 2. The largest absolute Gasteiger partial charge is 0.503 e. The predicted molar refractivity (Wildman–Crippen MR) is 84.9 cm³/mol. The van der Waals surface area contributed by atoms with E-state index in [0.717, 1.165) is 37.6 Å². The molecule has 3 rings (SSSR count). The first-order chi connectivity index (χ1) is 10.8. The number of phenolic OH excluding ortho intramolecular Hbond substituents is 1. The van der Waals surface area contributed by atoms with Crippen molar-refractivity contribution in [3.8, 4) is 5.75 Å². The minimum absolute atomic E-state index is 0.341. The predicted octanol–water partition coefficient (Wildman–Crippen LogP) is 2.98. The van der Waals surface area contributed by atoms with E-state index < -0.39 is 5.82 Å². The lowest BCUT2D eigenvalue weighted by molar-refractivity contribution is 0.122. The lowest BCUT2D eigenvalue weighted by atomic mass is 10.1. The van der Waals surface area contributed by atoms with Gasteiger partial charge in [-0.15, -0.1) is 0 Å². The molecule has 1 aliphatic heterocycles. The summed E-state index contributed by atoms with van der Waals surface area (Å²) in [4.78, 5) is 2.28. The lowest BCUT2D eigenvalue weighted by Gasteiger charge is -2.30. The van der Waals surface area contributed by atoms with E-state index in [9.17, 15) is 9.50 Å². The van der Waals surface area contributed by atoms with Gasteiger partial charge in [0.25, 0.3) is 0 Å². The number of ether oxygens (including phenoxy) is 1.